The maximum atomic E-state index is 13.9. The molecule has 0 aliphatic rings. The highest BCUT2D eigenvalue weighted by Gasteiger charge is 2.21. The molecule has 0 saturated heterocycles. The molecule has 0 unspecified atom stereocenters. The van der Waals surface area contributed by atoms with Crippen molar-refractivity contribution in [2.45, 2.75) is 59.9 Å². The van der Waals surface area contributed by atoms with Gasteiger partial charge in [-0.1, -0.05) is 18.2 Å². The van der Waals surface area contributed by atoms with E-state index in [9.17, 15) is 13.6 Å². The van der Waals surface area contributed by atoms with E-state index in [4.69, 9.17) is 21.1 Å². The molecule has 0 radical (unpaired) electrons. The lowest BCUT2D eigenvalue weighted by Crippen LogP contribution is -2.31. The van der Waals surface area contributed by atoms with Gasteiger partial charge in [-0.3, -0.25) is 24.3 Å². The Morgan fingerprint density at radius 1 is 1.21 bits per heavy atom. The third-order valence-electron chi connectivity index (χ3n) is 5.50. The number of nitrogens with zero attached hydrogens (tertiary/aromatic N) is 4. The fourth-order valence-corrected chi connectivity index (χ4v) is 4.07. The number of aromatic nitrogens is 3. The van der Waals surface area contributed by atoms with Crippen molar-refractivity contribution < 1.29 is 18.3 Å². The normalized spacial score (nSPS) is 12.2. The number of allylic oxidation sites excluding steroid dienone is 1. The standard InChI is InChI=1S/C28H31ClF2N4O3/c1-8-21(34-15-28(6,7)38-16(2)3)22-11-24(17(4)12-32-22)35-18(5)9-25(26(29)27(35)36)37-14-23-20(31)10-19(30)13-33-23/h8-13,16H,1,14-15H2,2-7H3. The number of aliphatic imine (C=N–C) groups is 1. The average molecular weight is 545 g/mol. The summed E-state index contributed by atoms with van der Waals surface area (Å²) in [7, 11) is 0. The molecule has 202 valence electrons. The Bertz CT molecular complexity index is 1430. The van der Waals surface area contributed by atoms with Gasteiger partial charge in [-0.2, -0.15) is 0 Å². The number of pyridine rings is 3. The summed E-state index contributed by atoms with van der Waals surface area (Å²) < 4.78 is 40.0. The maximum absolute atomic E-state index is 13.9. The summed E-state index contributed by atoms with van der Waals surface area (Å²) in [6, 6.07) is 4.02. The fourth-order valence-electron chi connectivity index (χ4n) is 3.88. The summed E-state index contributed by atoms with van der Waals surface area (Å²) in [5.41, 5.74) is 1.76. The molecule has 3 aromatic rings. The first-order valence-electron chi connectivity index (χ1n) is 12.0. The van der Waals surface area contributed by atoms with Crippen LogP contribution in [0.2, 0.25) is 5.02 Å². The van der Waals surface area contributed by atoms with Gasteiger partial charge in [0.2, 0.25) is 0 Å². The number of rotatable bonds is 10. The molecule has 0 aromatic carbocycles. The smallest absolute Gasteiger partial charge is 0.277 e. The van der Waals surface area contributed by atoms with Crippen molar-refractivity contribution >= 4 is 17.3 Å². The van der Waals surface area contributed by atoms with E-state index in [1.165, 1.54) is 4.57 Å². The maximum Gasteiger partial charge on any atom is 0.277 e. The van der Waals surface area contributed by atoms with Crippen LogP contribution in [0.5, 0.6) is 5.75 Å². The number of hydrogen-bond donors (Lipinski definition) is 0. The van der Waals surface area contributed by atoms with Crippen LogP contribution in [0.1, 0.15) is 50.3 Å². The highest BCUT2D eigenvalue weighted by atomic mass is 35.5. The summed E-state index contributed by atoms with van der Waals surface area (Å²) in [5, 5.41) is -0.193. The first-order chi connectivity index (χ1) is 17.8. The summed E-state index contributed by atoms with van der Waals surface area (Å²) >= 11 is 6.37. The summed E-state index contributed by atoms with van der Waals surface area (Å²) in [4.78, 5) is 26.2. The van der Waals surface area contributed by atoms with Gasteiger partial charge in [0.1, 0.15) is 28.9 Å². The van der Waals surface area contributed by atoms with Crippen molar-refractivity contribution in [1.29, 1.82) is 0 Å². The molecule has 0 bridgehead atoms. The Hall–Kier alpha value is -3.43. The predicted octanol–water partition coefficient (Wildman–Crippen LogP) is 5.93. The first-order valence-corrected chi connectivity index (χ1v) is 12.4. The molecular formula is C28H31ClF2N4O3. The van der Waals surface area contributed by atoms with Gasteiger partial charge in [0.15, 0.2) is 5.82 Å². The Kier molecular flexibility index (Phi) is 9.17. The van der Waals surface area contributed by atoms with Gasteiger partial charge in [-0.05, 0) is 59.2 Å². The van der Waals surface area contributed by atoms with Gasteiger partial charge in [0.25, 0.3) is 5.56 Å². The highest BCUT2D eigenvalue weighted by molar-refractivity contribution is 6.31. The second-order valence-corrected chi connectivity index (χ2v) is 10.0. The molecule has 3 aromatic heterocycles. The second kappa shape index (κ2) is 12.0. The van der Waals surface area contributed by atoms with E-state index in [0.29, 0.717) is 35.4 Å². The van der Waals surface area contributed by atoms with E-state index in [0.717, 1.165) is 11.8 Å². The lowest BCUT2D eigenvalue weighted by atomic mass is 10.1. The molecule has 10 heteroatoms. The number of ether oxygens (including phenoxy) is 2. The Balaban J connectivity index is 1.96. The van der Waals surface area contributed by atoms with Crippen LogP contribution in [0, 0.1) is 25.5 Å². The quantitative estimate of drug-likeness (QED) is 0.295. The molecule has 0 aliphatic carbocycles. The molecule has 0 spiro atoms. The van der Waals surface area contributed by atoms with E-state index in [2.05, 4.69) is 21.5 Å². The average Bonchev–Trinajstić information content (AvgIpc) is 2.82. The molecule has 0 saturated carbocycles. The fraction of sp³-hybridized carbons (Fsp3) is 0.357. The van der Waals surface area contributed by atoms with E-state index in [1.54, 1.807) is 31.3 Å². The molecule has 0 atom stereocenters. The Morgan fingerprint density at radius 3 is 2.55 bits per heavy atom. The van der Waals surface area contributed by atoms with Gasteiger partial charge in [-0.25, -0.2) is 8.78 Å². The zero-order chi connectivity index (χ0) is 28.2. The van der Waals surface area contributed by atoms with Gasteiger partial charge >= 0.3 is 0 Å². The zero-order valence-corrected chi connectivity index (χ0v) is 23.1. The topological polar surface area (TPSA) is 78.6 Å². The van der Waals surface area contributed by atoms with Gasteiger partial charge in [0.05, 0.1) is 41.5 Å². The van der Waals surface area contributed by atoms with Crippen LogP contribution in [0.25, 0.3) is 5.69 Å². The third kappa shape index (κ3) is 6.90. The van der Waals surface area contributed by atoms with Crippen LogP contribution < -0.4 is 10.3 Å². The molecule has 7 nitrogen and oxygen atoms in total. The minimum Gasteiger partial charge on any atom is -0.485 e. The van der Waals surface area contributed by atoms with E-state index in [-0.39, 0.29) is 29.2 Å². The molecule has 38 heavy (non-hydrogen) atoms. The lowest BCUT2D eigenvalue weighted by molar-refractivity contribution is -0.0484. The second-order valence-electron chi connectivity index (χ2n) is 9.66. The van der Waals surface area contributed by atoms with Crippen molar-refractivity contribution in [3.8, 4) is 11.4 Å². The Morgan fingerprint density at radius 2 is 1.92 bits per heavy atom. The molecular weight excluding hydrogens is 514 g/mol. The van der Waals surface area contributed by atoms with Crippen LogP contribution in [-0.4, -0.2) is 38.5 Å². The third-order valence-corrected chi connectivity index (χ3v) is 5.85. The number of hydrogen-bond acceptors (Lipinski definition) is 6. The van der Waals surface area contributed by atoms with Crippen LogP contribution in [-0.2, 0) is 11.3 Å². The largest absolute Gasteiger partial charge is 0.485 e. The van der Waals surface area contributed by atoms with Crippen LogP contribution in [0.3, 0.4) is 0 Å². The van der Waals surface area contributed by atoms with E-state index in [1.807, 2.05) is 34.6 Å². The molecule has 0 amide bonds. The summed E-state index contributed by atoms with van der Waals surface area (Å²) in [6.45, 7) is 15.3. The molecule has 0 N–H and O–H groups in total. The van der Waals surface area contributed by atoms with E-state index < -0.39 is 22.8 Å². The van der Waals surface area contributed by atoms with Crippen molar-refractivity contribution in [3.05, 3.63) is 92.9 Å². The SMILES string of the molecule is C=CC(=NCC(C)(C)OC(C)C)c1cc(-n2c(C)cc(OCc3ncc(F)cc3F)c(Cl)c2=O)c(C)cn1. The monoisotopic (exact) mass is 544 g/mol. The first kappa shape index (κ1) is 29.1. The van der Waals surface area contributed by atoms with Gasteiger partial charge in [-0.15, -0.1) is 0 Å². The Labute approximate surface area is 225 Å². The van der Waals surface area contributed by atoms with Crippen LogP contribution in [0.15, 0.2) is 53.0 Å². The number of aryl methyl sites for hydroxylation is 2. The summed E-state index contributed by atoms with van der Waals surface area (Å²) in [6.07, 6.45) is 4.19. The summed E-state index contributed by atoms with van der Waals surface area (Å²) in [5.74, 6) is -1.60. The minimum absolute atomic E-state index is 0.0500. The predicted molar refractivity (Wildman–Crippen MR) is 145 cm³/mol. The van der Waals surface area contributed by atoms with Crippen molar-refractivity contribution in [2.24, 2.45) is 4.99 Å². The molecule has 3 heterocycles. The lowest BCUT2D eigenvalue weighted by Gasteiger charge is -2.26. The zero-order valence-electron chi connectivity index (χ0n) is 22.3. The van der Waals surface area contributed by atoms with Gasteiger partial charge in [0, 0.05) is 24.0 Å². The van der Waals surface area contributed by atoms with Crippen LogP contribution in [0.4, 0.5) is 8.78 Å². The van der Waals surface area contributed by atoms with Crippen LogP contribution >= 0.6 is 11.6 Å². The van der Waals surface area contributed by atoms with Crippen molar-refractivity contribution in [1.82, 2.24) is 14.5 Å². The highest BCUT2D eigenvalue weighted by Crippen LogP contribution is 2.26. The molecule has 0 aliphatic heterocycles. The van der Waals surface area contributed by atoms with Crippen molar-refractivity contribution in [2.75, 3.05) is 6.54 Å². The molecule has 0 fully saturated rings. The van der Waals surface area contributed by atoms with Gasteiger partial charge < -0.3 is 9.47 Å². The minimum atomic E-state index is -0.857. The van der Waals surface area contributed by atoms with Crippen molar-refractivity contribution in [3.63, 3.8) is 0 Å². The molecule has 3 rings (SSSR count). The van der Waals surface area contributed by atoms with E-state index >= 15 is 0 Å². The number of halogens is 3.